The first-order valence-corrected chi connectivity index (χ1v) is 6.70. The van der Waals surface area contributed by atoms with Gasteiger partial charge in [-0.25, -0.2) is 4.98 Å². The van der Waals surface area contributed by atoms with Gasteiger partial charge in [0.25, 0.3) is 0 Å². The first kappa shape index (κ1) is 12.5. The second-order valence-electron chi connectivity index (χ2n) is 4.99. The molecule has 2 rings (SSSR count). The predicted molar refractivity (Wildman–Crippen MR) is 68.9 cm³/mol. The van der Waals surface area contributed by atoms with E-state index < -0.39 is 0 Å². The molecule has 94 valence electrons. The van der Waals surface area contributed by atoms with Crippen LogP contribution in [0.15, 0.2) is 6.20 Å². The minimum atomic E-state index is -0.228. The molecule has 1 aliphatic rings. The first-order chi connectivity index (χ1) is 8.01. The highest BCUT2D eigenvalue weighted by Gasteiger charge is 2.38. The quantitative estimate of drug-likeness (QED) is 0.886. The lowest BCUT2D eigenvalue weighted by Gasteiger charge is -2.27. The maximum absolute atomic E-state index is 12.3. The summed E-state index contributed by atoms with van der Waals surface area (Å²) >= 11 is 1.65. The van der Waals surface area contributed by atoms with E-state index in [4.69, 9.17) is 0 Å². The van der Waals surface area contributed by atoms with Gasteiger partial charge >= 0.3 is 0 Å². The summed E-state index contributed by atoms with van der Waals surface area (Å²) in [6, 6.07) is 0. The van der Waals surface area contributed by atoms with Gasteiger partial charge in [0.2, 0.25) is 5.91 Å². The lowest BCUT2D eigenvalue weighted by atomic mass is 9.88. The lowest BCUT2D eigenvalue weighted by Crippen LogP contribution is -2.41. The fourth-order valence-corrected chi connectivity index (χ4v) is 3.09. The van der Waals surface area contributed by atoms with Crippen molar-refractivity contribution in [2.45, 2.75) is 26.8 Å². The topological polar surface area (TPSA) is 45.2 Å². The van der Waals surface area contributed by atoms with E-state index in [2.05, 4.69) is 10.3 Å². The molecule has 1 aromatic heterocycles. The van der Waals surface area contributed by atoms with Crippen molar-refractivity contribution in [2.75, 3.05) is 20.1 Å². The summed E-state index contributed by atoms with van der Waals surface area (Å²) in [7, 11) is 1.88. The van der Waals surface area contributed by atoms with Crippen molar-refractivity contribution in [3.63, 3.8) is 0 Å². The van der Waals surface area contributed by atoms with Crippen LogP contribution < -0.4 is 5.32 Å². The van der Waals surface area contributed by atoms with Crippen molar-refractivity contribution in [1.29, 1.82) is 0 Å². The largest absolute Gasteiger partial charge is 0.340 e. The normalized spacial score (nSPS) is 23.9. The molecule has 2 heterocycles. The summed E-state index contributed by atoms with van der Waals surface area (Å²) in [6.07, 6.45) is 2.79. The molecular formula is C12H19N3OS. The molecule has 0 spiro atoms. The van der Waals surface area contributed by atoms with Gasteiger partial charge in [-0.3, -0.25) is 4.79 Å². The van der Waals surface area contributed by atoms with E-state index in [1.54, 1.807) is 11.3 Å². The number of hydrogen-bond acceptors (Lipinski definition) is 4. The molecule has 1 fully saturated rings. The number of amides is 1. The van der Waals surface area contributed by atoms with Gasteiger partial charge < -0.3 is 10.2 Å². The predicted octanol–water partition coefficient (Wildman–Crippen LogP) is 1.41. The standard InChI is InChI=1S/C12H19N3OS/c1-9-14-6-10(17-9)7-15(3)11(16)12(2)4-5-13-8-12/h6,13H,4-5,7-8H2,1-3H3. The van der Waals surface area contributed by atoms with Crippen molar-refractivity contribution < 1.29 is 4.79 Å². The monoisotopic (exact) mass is 253 g/mol. The minimum absolute atomic E-state index is 0.228. The number of aryl methyl sites for hydroxylation is 1. The van der Waals surface area contributed by atoms with Crippen LogP contribution in [-0.4, -0.2) is 35.9 Å². The third-order valence-corrected chi connectivity index (χ3v) is 4.19. The van der Waals surface area contributed by atoms with E-state index >= 15 is 0 Å². The van der Waals surface area contributed by atoms with Gasteiger partial charge in [0, 0.05) is 24.7 Å². The van der Waals surface area contributed by atoms with Gasteiger partial charge in [-0.1, -0.05) is 0 Å². The molecule has 1 unspecified atom stereocenters. The highest BCUT2D eigenvalue weighted by molar-refractivity contribution is 7.11. The summed E-state index contributed by atoms with van der Waals surface area (Å²) in [5.74, 6) is 0.230. The van der Waals surface area contributed by atoms with E-state index in [0.29, 0.717) is 6.54 Å². The zero-order chi connectivity index (χ0) is 12.5. The maximum Gasteiger partial charge on any atom is 0.229 e. The fraction of sp³-hybridized carbons (Fsp3) is 0.667. The molecule has 0 aromatic carbocycles. The summed E-state index contributed by atoms with van der Waals surface area (Å²) in [5, 5.41) is 4.31. The molecule has 0 aliphatic carbocycles. The van der Waals surface area contributed by atoms with E-state index in [0.717, 1.165) is 29.4 Å². The number of carbonyl (C=O) groups is 1. The number of rotatable bonds is 3. The van der Waals surface area contributed by atoms with E-state index in [1.807, 2.05) is 32.0 Å². The minimum Gasteiger partial charge on any atom is -0.340 e. The molecule has 0 radical (unpaired) electrons. The molecule has 0 bridgehead atoms. The maximum atomic E-state index is 12.3. The summed E-state index contributed by atoms with van der Waals surface area (Å²) in [5.41, 5.74) is -0.228. The van der Waals surface area contributed by atoms with Crippen LogP contribution in [0.5, 0.6) is 0 Å². The number of hydrogen-bond donors (Lipinski definition) is 1. The highest BCUT2D eigenvalue weighted by Crippen LogP contribution is 2.27. The van der Waals surface area contributed by atoms with Crippen LogP contribution in [0, 0.1) is 12.3 Å². The Kier molecular flexibility index (Phi) is 3.49. The lowest BCUT2D eigenvalue weighted by molar-refractivity contribution is -0.139. The number of nitrogens with one attached hydrogen (secondary N) is 1. The Morgan fingerprint density at radius 3 is 3.00 bits per heavy atom. The zero-order valence-electron chi connectivity index (χ0n) is 10.6. The first-order valence-electron chi connectivity index (χ1n) is 5.89. The molecule has 1 aliphatic heterocycles. The highest BCUT2D eigenvalue weighted by atomic mass is 32.1. The smallest absolute Gasteiger partial charge is 0.229 e. The Labute approximate surface area is 106 Å². The van der Waals surface area contributed by atoms with Gasteiger partial charge in [0.1, 0.15) is 0 Å². The van der Waals surface area contributed by atoms with Gasteiger partial charge in [-0.2, -0.15) is 0 Å². The molecule has 4 nitrogen and oxygen atoms in total. The average Bonchev–Trinajstić information content (AvgIpc) is 2.88. The van der Waals surface area contributed by atoms with Crippen LogP contribution in [0.4, 0.5) is 0 Å². The fourth-order valence-electron chi connectivity index (χ4n) is 2.24. The number of carbonyl (C=O) groups excluding carboxylic acids is 1. The Morgan fingerprint density at radius 1 is 1.71 bits per heavy atom. The SMILES string of the molecule is Cc1ncc(CN(C)C(=O)C2(C)CCNC2)s1. The molecule has 1 N–H and O–H groups in total. The molecular weight excluding hydrogens is 234 g/mol. The van der Waals surface area contributed by atoms with Crippen molar-refractivity contribution >= 4 is 17.2 Å². The number of nitrogens with zero attached hydrogens (tertiary/aromatic N) is 2. The van der Waals surface area contributed by atoms with Crippen LogP contribution in [0.1, 0.15) is 23.2 Å². The van der Waals surface area contributed by atoms with Gasteiger partial charge in [0.05, 0.1) is 17.0 Å². The zero-order valence-corrected chi connectivity index (χ0v) is 11.4. The Hall–Kier alpha value is -0.940. The van der Waals surface area contributed by atoms with Gasteiger partial charge in [0.15, 0.2) is 0 Å². The number of thiazole rings is 1. The number of aromatic nitrogens is 1. The van der Waals surface area contributed by atoms with E-state index in [1.165, 1.54) is 0 Å². The Bertz CT molecular complexity index is 410. The van der Waals surface area contributed by atoms with Crippen molar-refractivity contribution in [3.05, 3.63) is 16.1 Å². The van der Waals surface area contributed by atoms with Crippen LogP contribution in [0.2, 0.25) is 0 Å². The third kappa shape index (κ3) is 2.66. The molecule has 1 saturated heterocycles. The average molecular weight is 253 g/mol. The summed E-state index contributed by atoms with van der Waals surface area (Å²) in [4.78, 5) is 19.5. The van der Waals surface area contributed by atoms with Gasteiger partial charge in [-0.15, -0.1) is 11.3 Å². The Balaban J connectivity index is 2.00. The van der Waals surface area contributed by atoms with Crippen molar-refractivity contribution in [3.8, 4) is 0 Å². The van der Waals surface area contributed by atoms with Crippen molar-refractivity contribution in [1.82, 2.24) is 15.2 Å². The molecule has 5 heteroatoms. The van der Waals surface area contributed by atoms with Crippen LogP contribution in [0.25, 0.3) is 0 Å². The van der Waals surface area contributed by atoms with Gasteiger partial charge in [-0.05, 0) is 26.8 Å². The summed E-state index contributed by atoms with van der Waals surface area (Å²) in [6.45, 7) is 6.43. The summed E-state index contributed by atoms with van der Waals surface area (Å²) < 4.78 is 0. The second kappa shape index (κ2) is 4.74. The van der Waals surface area contributed by atoms with Crippen LogP contribution >= 0.6 is 11.3 Å². The van der Waals surface area contributed by atoms with Crippen LogP contribution in [0.3, 0.4) is 0 Å². The van der Waals surface area contributed by atoms with E-state index in [-0.39, 0.29) is 11.3 Å². The molecule has 0 saturated carbocycles. The molecule has 1 atom stereocenters. The third-order valence-electron chi connectivity index (χ3n) is 3.29. The molecule has 1 amide bonds. The Morgan fingerprint density at radius 2 is 2.47 bits per heavy atom. The molecule has 17 heavy (non-hydrogen) atoms. The molecule has 1 aromatic rings. The second-order valence-corrected chi connectivity index (χ2v) is 6.31. The van der Waals surface area contributed by atoms with Crippen molar-refractivity contribution in [2.24, 2.45) is 5.41 Å². The van der Waals surface area contributed by atoms with E-state index in [9.17, 15) is 4.79 Å². The van der Waals surface area contributed by atoms with Crippen LogP contribution in [-0.2, 0) is 11.3 Å².